The van der Waals surface area contributed by atoms with E-state index in [2.05, 4.69) is 32.5 Å². The van der Waals surface area contributed by atoms with Crippen molar-refractivity contribution in [3.8, 4) is 5.75 Å². The molecule has 11 heteroatoms. The van der Waals surface area contributed by atoms with E-state index >= 15 is 0 Å². The van der Waals surface area contributed by atoms with Crippen molar-refractivity contribution in [1.82, 2.24) is 24.9 Å². The van der Waals surface area contributed by atoms with Crippen LogP contribution in [-0.2, 0) is 29.7 Å². The monoisotopic (exact) mass is 559 g/mol. The van der Waals surface area contributed by atoms with E-state index in [9.17, 15) is 19.5 Å². The molecule has 1 saturated heterocycles. The van der Waals surface area contributed by atoms with Crippen LogP contribution >= 0.6 is 0 Å². The Labute approximate surface area is 236 Å². The summed E-state index contributed by atoms with van der Waals surface area (Å²) in [5.41, 5.74) is -0.312. The number of likely N-dealkylation sites (tertiary alicyclic amines) is 1. The van der Waals surface area contributed by atoms with E-state index in [0.717, 1.165) is 6.54 Å². The average Bonchev–Trinajstić information content (AvgIpc) is 3.41. The summed E-state index contributed by atoms with van der Waals surface area (Å²) in [6, 6.07) is 16.3. The van der Waals surface area contributed by atoms with Crippen LogP contribution in [0.1, 0.15) is 48.1 Å². The van der Waals surface area contributed by atoms with Gasteiger partial charge in [-0.1, -0.05) is 41.6 Å². The van der Waals surface area contributed by atoms with Crippen molar-refractivity contribution in [1.29, 1.82) is 0 Å². The highest BCUT2D eigenvalue weighted by molar-refractivity contribution is 5.77. The molecular formula is C30H33N5O6. The third-order valence-corrected chi connectivity index (χ3v) is 7.47. The number of nitrogens with zero attached hydrogens (tertiary/aromatic N) is 4. The summed E-state index contributed by atoms with van der Waals surface area (Å²) < 4.78 is 12.6. The van der Waals surface area contributed by atoms with Crippen molar-refractivity contribution in [2.24, 2.45) is 0 Å². The fourth-order valence-corrected chi connectivity index (χ4v) is 5.30. The van der Waals surface area contributed by atoms with Gasteiger partial charge in [0.25, 0.3) is 5.56 Å². The summed E-state index contributed by atoms with van der Waals surface area (Å²) in [5.74, 6) is 0.610. The molecule has 3 aromatic heterocycles. The summed E-state index contributed by atoms with van der Waals surface area (Å²) in [5, 5.41) is 17.6. The van der Waals surface area contributed by atoms with Gasteiger partial charge in [-0.2, -0.15) is 4.98 Å². The van der Waals surface area contributed by atoms with Crippen LogP contribution in [0.3, 0.4) is 0 Å². The molecule has 0 atom stereocenters. The second-order valence-electron chi connectivity index (χ2n) is 10.5. The van der Waals surface area contributed by atoms with Gasteiger partial charge < -0.3 is 23.9 Å². The van der Waals surface area contributed by atoms with Crippen LogP contribution in [0.4, 0.5) is 0 Å². The predicted molar refractivity (Wildman–Crippen MR) is 149 cm³/mol. The van der Waals surface area contributed by atoms with E-state index in [1.54, 1.807) is 25.3 Å². The second kappa shape index (κ2) is 12.3. The molecule has 41 heavy (non-hydrogen) atoms. The summed E-state index contributed by atoms with van der Waals surface area (Å²) in [6.45, 7) is 4.22. The van der Waals surface area contributed by atoms with Gasteiger partial charge in [0, 0.05) is 49.7 Å². The number of aromatic hydroxyl groups is 1. The van der Waals surface area contributed by atoms with Gasteiger partial charge in [0.05, 0.1) is 0 Å². The SMILES string of the molecule is Cc1cc(=O)c(O)c(C2(CC(=O)NCCc3noc(Cn4ccccc4=O)n3)CCN(Cc3ccccc3)CC2)o1. The van der Waals surface area contributed by atoms with Gasteiger partial charge in [-0.3, -0.25) is 19.3 Å². The third-order valence-electron chi connectivity index (χ3n) is 7.47. The molecule has 5 rings (SSSR count). The van der Waals surface area contributed by atoms with E-state index in [0.29, 0.717) is 49.8 Å². The van der Waals surface area contributed by atoms with Crippen molar-refractivity contribution in [3.63, 3.8) is 0 Å². The molecule has 1 aliphatic heterocycles. The minimum absolute atomic E-state index is 0.0561. The largest absolute Gasteiger partial charge is 0.502 e. The number of aromatic nitrogens is 3. The number of amides is 1. The molecule has 2 N–H and O–H groups in total. The van der Waals surface area contributed by atoms with Crippen molar-refractivity contribution in [2.75, 3.05) is 19.6 Å². The molecule has 1 aliphatic rings. The van der Waals surface area contributed by atoms with E-state index in [1.165, 1.54) is 22.3 Å². The minimum atomic E-state index is -0.825. The highest BCUT2D eigenvalue weighted by atomic mass is 16.5. The number of piperidine rings is 1. The Hall–Kier alpha value is -4.51. The van der Waals surface area contributed by atoms with Crippen LogP contribution in [0.15, 0.2) is 79.3 Å². The maximum absolute atomic E-state index is 13.2. The Balaban J connectivity index is 1.23. The summed E-state index contributed by atoms with van der Waals surface area (Å²) in [7, 11) is 0. The molecule has 0 saturated carbocycles. The second-order valence-corrected chi connectivity index (χ2v) is 10.5. The molecule has 0 spiro atoms. The van der Waals surface area contributed by atoms with Crippen molar-refractivity contribution >= 4 is 5.91 Å². The standard InChI is InChI=1S/C30H33N5O6/c1-21-17-23(36)28(39)29(40-21)30(11-15-34(16-12-30)19-22-7-3-2-4-8-22)18-25(37)31-13-10-24-32-26(41-33-24)20-35-14-6-5-9-27(35)38/h2-9,14,17,39H,10-13,15-16,18-20H2,1H3,(H,31,37). The van der Waals surface area contributed by atoms with Gasteiger partial charge in [-0.25, -0.2) is 0 Å². The van der Waals surface area contributed by atoms with E-state index in [-0.39, 0.29) is 36.7 Å². The Bertz CT molecular complexity index is 1600. The first-order valence-corrected chi connectivity index (χ1v) is 13.7. The lowest BCUT2D eigenvalue weighted by Crippen LogP contribution is -2.45. The van der Waals surface area contributed by atoms with Crippen LogP contribution in [0, 0.1) is 6.92 Å². The molecule has 4 aromatic rings. The van der Waals surface area contributed by atoms with Gasteiger partial charge in [0.15, 0.2) is 11.6 Å². The number of rotatable bonds is 10. The van der Waals surface area contributed by atoms with Crippen LogP contribution in [0.5, 0.6) is 5.75 Å². The number of pyridine rings is 1. The molecule has 4 heterocycles. The lowest BCUT2D eigenvalue weighted by molar-refractivity contribution is -0.123. The Morgan fingerprint density at radius 3 is 2.59 bits per heavy atom. The number of benzene rings is 1. The zero-order chi connectivity index (χ0) is 28.8. The molecule has 1 amide bonds. The van der Waals surface area contributed by atoms with Gasteiger partial charge in [0.2, 0.25) is 23.0 Å². The minimum Gasteiger partial charge on any atom is -0.502 e. The first-order valence-electron chi connectivity index (χ1n) is 13.7. The average molecular weight is 560 g/mol. The Morgan fingerprint density at radius 2 is 1.83 bits per heavy atom. The molecule has 0 bridgehead atoms. The van der Waals surface area contributed by atoms with Crippen molar-refractivity contribution in [3.05, 3.63) is 110 Å². The number of aryl methyl sites for hydroxylation is 1. The molecular weight excluding hydrogens is 526 g/mol. The molecule has 11 nitrogen and oxygen atoms in total. The lowest BCUT2D eigenvalue weighted by atomic mass is 9.72. The quantitative estimate of drug-likeness (QED) is 0.300. The molecule has 1 fully saturated rings. The zero-order valence-corrected chi connectivity index (χ0v) is 22.9. The van der Waals surface area contributed by atoms with Gasteiger partial charge in [-0.05, 0) is 44.5 Å². The topological polar surface area (TPSA) is 144 Å². The smallest absolute Gasteiger partial charge is 0.250 e. The number of carbonyl (C=O) groups excluding carboxylic acids is 1. The normalized spacial score (nSPS) is 15.0. The van der Waals surface area contributed by atoms with Gasteiger partial charge >= 0.3 is 0 Å². The lowest BCUT2D eigenvalue weighted by Gasteiger charge is -2.41. The molecule has 0 aliphatic carbocycles. The maximum atomic E-state index is 13.2. The van der Waals surface area contributed by atoms with Crippen molar-refractivity contribution in [2.45, 2.75) is 51.1 Å². The van der Waals surface area contributed by atoms with Crippen LogP contribution in [0.25, 0.3) is 0 Å². The Kier molecular flexibility index (Phi) is 8.44. The fourth-order valence-electron chi connectivity index (χ4n) is 5.30. The van der Waals surface area contributed by atoms with E-state index < -0.39 is 16.6 Å². The van der Waals surface area contributed by atoms with Crippen molar-refractivity contribution < 1.29 is 18.8 Å². The first kappa shape index (κ1) is 28.0. The molecule has 1 aromatic carbocycles. The van der Waals surface area contributed by atoms with E-state index in [1.807, 2.05) is 18.2 Å². The Morgan fingerprint density at radius 1 is 1.07 bits per heavy atom. The molecule has 214 valence electrons. The summed E-state index contributed by atoms with van der Waals surface area (Å²) in [6.07, 6.45) is 3.12. The number of carbonyl (C=O) groups is 1. The summed E-state index contributed by atoms with van der Waals surface area (Å²) in [4.78, 5) is 44.2. The van der Waals surface area contributed by atoms with Crippen LogP contribution in [0.2, 0.25) is 0 Å². The van der Waals surface area contributed by atoms with Gasteiger partial charge in [0.1, 0.15) is 12.3 Å². The maximum Gasteiger partial charge on any atom is 0.250 e. The third kappa shape index (κ3) is 6.80. The van der Waals surface area contributed by atoms with Crippen LogP contribution < -0.4 is 16.3 Å². The molecule has 0 unspecified atom stereocenters. The highest BCUT2D eigenvalue weighted by Gasteiger charge is 2.43. The zero-order valence-electron chi connectivity index (χ0n) is 22.9. The predicted octanol–water partition coefficient (Wildman–Crippen LogP) is 2.53. The number of hydrogen-bond donors (Lipinski definition) is 2. The fraction of sp³-hybridized carbons (Fsp3) is 0.367. The van der Waals surface area contributed by atoms with Gasteiger partial charge in [-0.15, -0.1) is 0 Å². The number of hydrogen-bond acceptors (Lipinski definition) is 9. The number of nitrogens with one attached hydrogen (secondary N) is 1. The molecule has 0 radical (unpaired) electrons. The van der Waals surface area contributed by atoms with Crippen LogP contribution in [-0.4, -0.2) is 50.3 Å². The first-order chi connectivity index (χ1) is 19.8. The summed E-state index contributed by atoms with van der Waals surface area (Å²) >= 11 is 0. The highest BCUT2D eigenvalue weighted by Crippen LogP contribution is 2.42. The van der Waals surface area contributed by atoms with E-state index in [4.69, 9.17) is 8.94 Å².